The topological polar surface area (TPSA) is 111 Å². The molecule has 12 heteroatoms. The average Bonchev–Trinajstić information content (AvgIpc) is 3.37. The van der Waals surface area contributed by atoms with E-state index in [9.17, 15) is 18.3 Å². The summed E-state index contributed by atoms with van der Waals surface area (Å²) in [5.74, 6) is 0.114. The van der Waals surface area contributed by atoms with Crippen LogP contribution >= 0.6 is 11.6 Å². The van der Waals surface area contributed by atoms with Crippen molar-refractivity contribution in [2.75, 3.05) is 55.1 Å². The van der Waals surface area contributed by atoms with Crippen LogP contribution in [0.2, 0.25) is 5.02 Å². The molecule has 0 aliphatic carbocycles. The Morgan fingerprint density at radius 2 is 1.97 bits per heavy atom. The molecular formula is C20H27ClN6O4S. The zero-order valence-electron chi connectivity index (χ0n) is 17.8. The minimum absolute atomic E-state index is 0.114. The van der Waals surface area contributed by atoms with E-state index >= 15 is 0 Å². The van der Waals surface area contributed by atoms with Crippen molar-refractivity contribution < 1.29 is 18.3 Å². The van der Waals surface area contributed by atoms with Gasteiger partial charge in [0.25, 0.3) is 0 Å². The first-order chi connectivity index (χ1) is 15.2. The van der Waals surface area contributed by atoms with Crippen LogP contribution in [0.25, 0.3) is 0 Å². The van der Waals surface area contributed by atoms with Crippen LogP contribution in [-0.2, 0) is 16.6 Å². The highest BCUT2D eigenvalue weighted by Gasteiger charge is 2.25. The number of aromatic nitrogens is 2. The summed E-state index contributed by atoms with van der Waals surface area (Å²) < 4.78 is 26.0. The highest BCUT2D eigenvalue weighted by atomic mass is 35.5. The summed E-state index contributed by atoms with van der Waals surface area (Å²) in [7, 11) is -3.45. The van der Waals surface area contributed by atoms with Crippen LogP contribution in [0.3, 0.4) is 0 Å². The molecule has 2 saturated heterocycles. The molecule has 10 nitrogen and oxygen atoms in total. The van der Waals surface area contributed by atoms with Gasteiger partial charge >= 0.3 is 6.03 Å². The van der Waals surface area contributed by atoms with Gasteiger partial charge in [-0.3, -0.25) is 9.62 Å². The lowest BCUT2D eigenvalue weighted by Gasteiger charge is -2.34. The number of nitrogens with zero attached hydrogens (tertiary/aromatic N) is 5. The number of anilines is 2. The number of sulfonamides is 1. The zero-order chi connectivity index (χ0) is 22.9. The Labute approximate surface area is 192 Å². The van der Waals surface area contributed by atoms with E-state index in [0.717, 1.165) is 41.7 Å². The van der Waals surface area contributed by atoms with Crippen LogP contribution in [0.15, 0.2) is 30.5 Å². The third kappa shape index (κ3) is 5.52. The molecule has 0 spiro atoms. The molecule has 2 aliphatic heterocycles. The highest BCUT2D eigenvalue weighted by Crippen LogP contribution is 2.30. The van der Waals surface area contributed by atoms with Gasteiger partial charge in [-0.25, -0.2) is 13.2 Å². The molecule has 174 valence electrons. The second-order valence-corrected chi connectivity index (χ2v) is 10.4. The number of piperazine rings is 1. The molecule has 32 heavy (non-hydrogen) atoms. The van der Waals surface area contributed by atoms with Crippen LogP contribution in [0.4, 0.5) is 16.3 Å². The molecule has 0 radical (unpaired) electrons. The van der Waals surface area contributed by atoms with Gasteiger partial charge in [0.2, 0.25) is 10.0 Å². The summed E-state index contributed by atoms with van der Waals surface area (Å²) in [5, 5.41) is 14.5. The van der Waals surface area contributed by atoms with Crippen molar-refractivity contribution in [2.24, 2.45) is 0 Å². The molecule has 4 rings (SSSR count). The van der Waals surface area contributed by atoms with E-state index in [1.807, 2.05) is 12.1 Å². The van der Waals surface area contributed by atoms with Gasteiger partial charge in [-0.1, -0.05) is 17.7 Å². The SMILES string of the molecule is CS(=O)(=O)Nc1ccn(C(=O)N2CCN(Cc3ccc(Cl)c(N4CC[C@@H](O)C4)c3)CC2)n1. The Morgan fingerprint density at radius 3 is 2.62 bits per heavy atom. The number of β-amino-alcohol motifs (C(OH)–C–C–N with tert-alkyl or cyclic N) is 1. The van der Waals surface area contributed by atoms with E-state index in [-0.39, 0.29) is 18.0 Å². The summed E-state index contributed by atoms with van der Waals surface area (Å²) in [6, 6.07) is 7.16. The van der Waals surface area contributed by atoms with Gasteiger partial charge in [-0.2, -0.15) is 4.68 Å². The monoisotopic (exact) mass is 482 g/mol. The number of carbonyl (C=O) groups is 1. The zero-order valence-corrected chi connectivity index (χ0v) is 19.4. The molecule has 2 aromatic rings. The molecule has 1 amide bonds. The second kappa shape index (κ2) is 9.26. The predicted octanol–water partition coefficient (Wildman–Crippen LogP) is 1.26. The maximum absolute atomic E-state index is 12.7. The van der Waals surface area contributed by atoms with E-state index < -0.39 is 10.0 Å². The van der Waals surface area contributed by atoms with Crippen molar-refractivity contribution in [1.82, 2.24) is 19.6 Å². The lowest BCUT2D eigenvalue weighted by molar-refractivity contribution is 0.134. The Balaban J connectivity index is 1.33. The van der Waals surface area contributed by atoms with Crippen LogP contribution < -0.4 is 9.62 Å². The molecular weight excluding hydrogens is 456 g/mol. The van der Waals surface area contributed by atoms with Gasteiger partial charge in [0.1, 0.15) is 0 Å². The van der Waals surface area contributed by atoms with E-state index in [4.69, 9.17) is 11.6 Å². The Hall–Kier alpha value is -2.34. The lowest BCUT2D eigenvalue weighted by Crippen LogP contribution is -2.49. The largest absolute Gasteiger partial charge is 0.391 e. The predicted molar refractivity (Wildman–Crippen MR) is 123 cm³/mol. The summed E-state index contributed by atoms with van der Waals surface area (Å²) >= 11 is 6.39. The van der Waals surface area contributed by atoms with Gasteiger partial charge in [0, 0.05) is 58.1 Å². The summed E-state index contributed by atoms with van der Waals surface area (Å²) in [6.07, 6.45) is 2.92. The first-order valence-electron chi connectivity index (χ1n) is 10.4. The Bertz CT molecular complexity index is 1080. The number of rotatable bonds is 5. The van der Waals surface area contributed by atoms with Crippen LogP contribution in [0.5, 0.6) is 0 Å². The van der Waals surface area contributed by atoms with Crippen molar-refractivity contribution in [1.29, 1.82) is 0 Å². The third-order valence-electron chi connectivity index (χ3n) is 5.64. The Morgan fingerprint density at radius 1 is 1.22 bits per heavy atom. The van der Waals surface area contributed by atoms with Crippen molar-refractivity contribution in [3.8, 4) is 0 Å². The van der Waals surface area contributed by atoms with E-state index in [2.05, 4.69) is 25.7 Å². The Kier molecular flexibility index (Phi) is 6.61. The van der Waals surface area contributed by atoms with Crippen LogP contribution in [0, 0.1) is 0 Å². The standard InChI is InChI=1S/C20H27ClN6O4S/c1-32(30,31)23-19-5-7-27(22-19)20(29)25-10-8-24(9-11-25)13-15-2-3-17(21)18(12-15)26-6-4-16(28)14-26/h2-3,5,7,12,16,28H,4,6,8-11,13-14H2,1H3,(H,22,23)/t16-/m1/s1. The molecule has 0 saturated carbocycles. The number of benzene rings is 1. The highest BCUT2D eigenvalue weighted by molar-refractivity contribution is 7.92. The maximum atomic E-state index is 12.7. The van der Waals surface area contributed by atoms with Crippen molar-refractivity contribution in [2.45, 2.75) is 19.1 Å². The molecule has 0 unspecified atom stereocenters. The first kappa shape index (κ1) is 22.8. The summed E-state index contributed by atoms with van der Waals surface area (Å²) in [4.78, 5) is 18.8. The van der Waals surface area contributed by atoms with Crippen molar-refractivity contribution in [3.05, 3.63) is 41.0 Å². The molecule has 2 aliphatic rings. The lowest BCUT2D eigenvalue weighted by atomic mass is 10.1. The van der Waals surface area contributed by atoms with Crippen molar-refractivity contribution in [3.63, 3.8) is 0 Å². The van der Waals surface area contributed by atoms with Crippen LogP contribution in [0.1, 0.15) is 12.0 Å². The number of amides is 1. The first-order valence-corrected chi connectivity index (χ1v) is 12.7. The fourth-order valence-corrected chi connectivity index (χ4v) is 4.76. The van der Waals surface area contributed by atoms with Gasteiger partial charge in [-0.05, 0) is 24.1 Å². The smallest absolute Gasteiger partial charge is 0.344 e. The number of hydrogen-bond acceptors (Lipinski definition) is 7. The minimum Gasteiger partial charge on any atom is -0.391 e. The van der Waals surface area contributed by atoms with Gasteiger partial charge in [0.15, 0.2) is 5.82 Å². The summed E-state index contributed by atoms with van der Waals surface area (Å²) in [6.45, 7) is 4.65. The van der Waals surface area contributed by atoms with Crippen molar-refractivity contribution >= 4 is 39.2 Å². The molecule has 2 fully saturated rings. The maximum Gasteiger partial charge on any atom is 0.344 e. The average molecular weight is 483 g/mol. The van der Waals surface area contributed by atoms with E-state index in [1.165, 1.54) is 12.3 Å². The van der Waals surface area contributed by atoms with Gasteiger partial charge < -0.3 is 14.9 Å². The molecule has 3 heterocycles. The molecule has 1 atom stereocenters. The summed E-state index contributed by atoms with van der Waals surface area (Å²) in [5.41, 5.74) is 2.08. The van der Waals surface area contributed by atoms with E-state index in [1.54, 1.807) is 4.90 Å². The quantitative estimate of drug-likeness (QED) is 0.660. The van der Waals surface area contributed by atoms with Gasteiger partial charge in [0.05, 0.1) is 23.1 Å². The fraction of sp³-hybridized carbons (Fsp3) is 0.500. The van der Waals surface area contributed by atoms with E-state index in [0.29, 0.717) is 37.7 Å². The minimum atomic E-state index is -3.45. The molecule has 2 N–H and O–H groups in total. The third-order valence-corrected chi connectivity index (χ3v) is 6.54. The second-order valence-electron chi connectivity index (χ2n) is 8.24. The fourth-order valence-electron chi connectivity index (χ4n) is 4.03. The number of aliphatic hydroxyl groups is 1. The van der Waals surface area contributed by atoms with Gasteiger partial charge in [-0.15, -0.1) is 5.10 Å². The number of hydrogen-bond donors (Lipinski definition) is 2. The molecule has 1 aromatic heterocycles. The number of carbonyl (C=O) groups excluding carboxylic acids is 1. The van der Waals surface area contributed by atoms with Crippen LogP contribution in [-0.4, -0.2) is 90.8 Å². The number of nitrogens with one attached hydrogen (secondary N) is 1. The number of aliphatic hydroxyl groups excluding tert-OH is 1. The normalized spacial score (nSPS) is 20.0. The number of halogens is 1. The molecule has 1 aromatic carbocycles. The molecule has 0 bridgehead atoms.